The number of hydrogen-bond acceptors (Lipinski definition) is 5. The Morgan fingerprint density at radius 2 is 2.19 bits per heavy atom. The van der Waals surface area contributed by atoms with Crippen molar-refractivity contribution < 1.29 is 14.3 Å². The smallest absolute Gasteiger partial charge is 0.293 e. The summed E-state index contributed by atoms with van der Waals surface area (Å²) in [5.74, 6) is 1.07. The summed E-state index contributed by atoms with van der Waals surface area (Å²) in [5, 5.41) is 0. The van der Waals surface area contributed by atoms with Crippen molar-refractivity contribution in [2.75, 3.05) is 39.5 Å². The van der Waals surface area contributed by atoms with E-state index in [4.69, 9.17) is 4.74 Å². The summed E-state index contributed by atoms with van der Waals surface area (Å²) in [6, 6.07) is 0.254. The van der Waals surface area contributed by atoms with Crippen molar-refractivity contribution in [1.29, 1.82) is 0 Å². The quantitative estimate of drug-likeness (QED) is 0.453. The minimum Gasteiger partial charge on any atom is -0.467 e. The van der Waals surface area contributed by atoms with Gasteiger partial charge in [-0.3, -0.25) is 9.59 Å². The maximum Gasteiger partial charge on any atom is 0.293 e. The van der Waals surface area contributed by atoms with Gasteiger partial charge in [0.15, 0.2) is 0 Å². The molecule has 0 aromatic rings. The third kappa shape index (κ3) is 6.70. The Labute approximate surface area is 132 Å². The van der Waals surface area contributed by atoms with Gasteiger partial charge in [0.05, 0.1) is 0 Å². The molecule has 0 aliphatic carbocycles. The maximum absolute atomic E-state index is 12.0. The molecule has 21 heavy (non-hydrogen) atoms. The lowest BCUT2D eigenvalue weighted by Gasteiger charge is -2.36. The molecule has 0 unspecified atom stereocenters. The summed E-state index contributed by atoms with van der Waals surface area (Å²) in [5.41, 5.74) is 0. The molecule has 0 N–H and O–H groups in total. The first-order valence-corrected chi connectivity index (χ1v) is 8.47. The SMILES string of the molecule is CN(C)C[C@H](CC(C)(C)SCCOC=O)N1CCCC1=O. The highest BCUT2D eigenvalue weighted by Gasteiger charge is 2.32. The topological polar surface area (TPSA) is 49.9 Å². The van der Waals surface area contributed by atoms with Crippen LogP contribution in [0.3, 0.4) is 0 Å². The molecule has 122 valence electrons. The molecule has 1 saturated heterocycles. The van der Waals surface area contributed by atoms with E-state index in [1.54, 1.807) is 11.8 Å². The minimum absolute atomic E-state index is 0.0514. The first-order valence-electron chi connectivity index (χ1n) is 7.49. The molecule has 0 radical (unpaired) electrons. The molecule has 0 bridgehead atoms. The number of rotatable bonds is 10. The molecule has 0 aromatic heterocycles. The van der Waals surface area contributed by atoms with Crippen LogP contribution in [0.4, 0.5) is 0 Å². The Morgan fingerprint density at radius 1 is 1.48 bits per heavy atom. The summed E-state index contributed by atoms with van der Waals surface area (Å²) < 4.78 is 4.79. The highest BCUT2D eigenvalue weighted by Crippen LogP contribution is 2.32. The third-order valence-corrected chi connectivity index (χ3v) is 4.93. The Morgan fingerprint density at radius 3 is 2.71 bits per heavy atom. The van der Waals surface area contributed by atoms with E-state index in [0.29, 0.717) is 19.5 Å². The van der Waals surface area contributed by atoms with Crippen molar-refractivity contribution in [3.8, 4) is 0 Å². The van der Waals surface area contributed by atoms with Gasteiger partial charge in [0, 0.05) is 36.1 Å². The van der Waals surface area contributed by atoms with Crippen LogP contribution < -0.4 is 0 Å². The number of thioether (sulfide) groups is 1. The van der Waals surface area contributed by atoms with Gasteiger partial charge in [0.25, 0.3) is 6.47 Å². The van der Waals surface area contributed by atoms with Gasteiger partial charge < -0.3 is 14.5 Å². The van der Waals surface area contributed by atoms with E-state index in [-0.39, 0.29) is 16.7 Å². The Bertz CT molecular complexity index is 348. The van der Waals surface area contributed by atoms with Crippen LogP contribution in [0.15, 0.2) is 0 Å². The summed E-state index contributed by atoms with van der Waals surface area (Å²) >= 11 is 1.79. The van der Waals surface area contributed by atoms with Crippen LogP contribution in [0, 0.1) is 0 Å². The fourth-order valence-electron chi connectivity index (χ4n) is 2.79. The van der Waals surface area contributed by atoms with E-state index in [2.05, 4.69) is 18.7 Å². The molecule has 0 aromatic carbocycles. The highest BCUT2D eigenvalue weighted by molar-refractivity contribution is 8.00. The monoisotopic (exact) mass is 316 g/mol. The number of ether oxygens (including phenoxy) is 1. The molecule has 1 atom stereocenters. The second-order valence-corrected chi connectivity index (χ2v) is 8.19. The molecule has 1 fully saturated rings. The van der Waals surface area contributed by atoms with E-state index in [9.17, 15) is 9.59 Å². The average molecular weight is 316 g/mol. The van der Waals surface area contributed by atoms with Crippen LogP contribution >= 0.6 is 11.8 Å². The van der Waals surface area contributed by atoms with E-state index >= 15 is 0 Å². The first kappa shape index (κ1) is 18.3. The van der Waals surface area contributed by atoms with Gasteiger partial charge in [-0.2, -0.15) is 11.8 Å². The Hall–Kier alpha value is -0.750. The fraction of sp³-hybridized carbons (Fsp3) is 0.867. The minimum atomic E-state index is 0.0514. The Balaban J connectivity index is 2.57. The van der Waals surface area contributed by atoms with Crippen molar-refractivity contribution in [3.05, 3.63) is 0 Å². The van der Waals surface area contributed by atoms with Crippen LogP contribution in [-0.4, -0.2) is 72.5 Å². The third-order valence-electron chi connectivity index (χ3n) is 3.62. The number of hydrogen-bond donors (Lipinski definition) is 0. The van der Waals surface area contributed by atoms with Crippen LogP contribution in [0.5, 0.6) is 0 Å². The number of amides is 1. The second kappa shape index (κ2) is 8.63. The molecular formula is C15H28N2O3S. The Kier molecular flexibility index (Phi) is 7.52. The van der Waals surface area contributed by atoms with Crippen LogP contribution in [-0.2, 0) is 14.3 Å². The molecule has 1 aliphatic rings. The molecule has 5 nitrogen and oxygen atoms in total. The van der Waals surface area contributed by atoms with Gasteiger partial charge in [-0.25, -0.2) is 0 Å². The molecule has 0 spiro atoms. The molecule has 0 saturated carbocycles. The fourth-order valence-corrected chi connectivity index (χ4v) is 3.83. The maximum atomic E-state index is 12.0. The highest BCUT2D eigenvalue weighted by atomic mass is 32.2. The summed E-state index contributed by atoms with van der Waals surface area (Å²) in [4.78, 5) is 26.4. The van der Waals surface area contributed by atoms with E-state index in [0.717, 1.165) is 31.7 Å². The van der Waals surface area contributed by atoms with Crippen molar-refractivity contribution in [1.82, 2.24) is 9.80 Å². The number of likely N-dealkylation sites (tertiary alicyclic amines) is 1. The summed E-state index contributed by atoms with van der Waals surface area (Å²) in [6.45, 7) is 7.10. The van der Waals surface area contributed by atoms with Crippen LogP contribution in [0.25, 0.3) is 0 Å². The largest absolute Gasteiger partial charge is 0.467 e. The zero-order valence-electron chi connectivity index (χ0n) is 13.6. The van der Waals surface area contributed by atoms with Gasteiger partial charge in [-0.05, 0) is 26.9 Å². The molecular weight excluding hydrogens is 288 g/mol. The number of carbonyl (C=O) groups is 2. The molecule has 1 aliphatic heterocycles. The molecule has 6 heteroatoms. The lowest BCUT2D eigenvalue weighted by molar-refractivity contribution is -0.130. The summed E-state index contributed by atoms with van der Waals surface area (Å²) in [6.07, 6.45) is 2.61. The lowest BCUT2D eigenvalue weighted by atomic mass is 10.0. The zero-order valence-corrected chi connectivity index (χ0v) is 14.4. The van der Waals surface area contributed by atoms with Crippen LogP contribution in [0.1, 0.15) is 33.1 Å². The van der Waals surface area contributed by atoms with Gasteiger partial charge in [0.1, 0.15) is 6.61 Å². The van der Waals surface area contributed by atoms with Gasteiger partial charge in [0.2, 0.25) is 5.91 Å². The van der Waals surface area contributed by atoms with Crippen molar-refractivity contribution in [2.24, 2.45) is 0 Å². The van der Waals surface area contributed by atoms with Gasteiger partial charge >= 0.3 is 0 Å². The standard InChI is InChI=1S/C15H28N2O3S/c1-15(2,21-9-8-20-12-18)10-13(11-16(3)4)17-7-5-6-14(17)19/h12-13H,5-11H2,1-4H3/t13-/m0/s1. The molecule has 1 rings (SSSR count). The van der Waals surface area contributed by atoms with Crippen molar-refractivity contribution in [2.45, 2.75) is 43.9 Å². The zero-order chi connectivity index (χ0) is 15.9. The average Bonchev–Trinajstić information content (AvgIpc) is 2.79. The lowest BCUT2D eigenvalue weighted by Crippen LogP contribution is -2.45. The number of likely N-dealkylation sites (N-methyl/N-ethyl adjacent to an activating group) is 1. The van der Waals surface area contributed by atoms with Crippen LogP contribution in [0.2, 0.25) is 0 Å². The normalized spacial score (nSPS) is 17.4. The predicted octanol–water partition coefficient (Wildman–Crippen LogP) is 1.61. The number of nitrogens with zero attached hydrogens (tertiary/aromatic N) is 2. The molecule has 1 heterocycles. The van der Waals surface area contributed by atoms with E-state index in [1.807, 2.05) is 19.0 Å². The van der Waals surface area contributed by atoms with E-state index in [1.165, 1.54) is 0 Å². The first-order chi connectivity index (χ1) is 9.85. The van der Waals surface area contributed by atoms with Gasteiger partial charge in [-0.15, -0.1) is 0 Å². The van der Waals surface area contributed by atoms with Crippen molar-refractivity contribution in [3.63, 3.8) is 0 Å². The molecule has 1 amide bonds. The van der Waals surface area contributed by atoms with Crippen molar-refractivity contribution >= 4 is 24.1 Å². The van der Waals surface area contributed by atoms with E-state index < -0.39 is 0 Å². The number of carbonyl (C=O) groups excluding carboxylic acids is 2. The second-order valence-electron chi connectivity index (χ2n) is 6.39. The summed E-state index contributed by atoms with van der Waals surface area (Å²) in [7, 11) is 4.09. The predicted molar refractivity (Wildman–Crippen MR) is 86.5 cm³/mol. The van der Waals surface area contributed by atoms with Gasteiger partial charge in [-0.1, -0.05) is 13.8 Å².